The quantitative estimate of drug-likeness (QED) is 0.271. The molecule has 2 aromatic carbocycles. The summed E-state index contributed by atoms with van der Waals surface area (Å²) in [6.45, 7) is 5.09. The van der Waals surface area contributed by atoms with E-state index in [1.54, 1.807) is 0 Å². The standard InChI is InChI=1S/C28H42F2N4O4S/c1-5-11-34(12-6-2)39(37,38)13-10-28(36)32-26(17-22-14-23(29)18-24(30)15-22)27(35)20-31-19-21-8-7-9-25(16-21)33(3)4/h7-9,14-16,18,26-27,31,35H,5-6,10-13,17,19-20H2,1-4H3,(H,32,36)/t26-,27+/m0/s1. The monoisotopic (exact) mass is 568 g/mol. The topological polar surface area (TPSA) is 102 Å². The summed E-state index contributed by atoms with van der Waals surface area (Å²) in [5, 5.41) is 16.8. The van der Waals surface area contributed by atoms with Crippen molar-refractivity contribution in [3.05, 3.63) is 65.2 Å². The molecule has 3 N–H and O–H groups in total. The van der Waals surface area contributed by atoms with Gasteiger partial charge in [0, 0.05) is 58.4 Å². The third-order valence-electron chi connectivity index (χ3n) is 6.22. The summed E-state index contributed by atoms with van der Waals surface area (Å²) in [7, 11) is 0.252. The minimum atomic E-state index is -3.63. The van der Waals surface area contributed by atoms with Crippen LogP contribution in [-0.4, -0.2) is 75.4 Å². The van der Waals surface area contributed by atoms with Crippen LogP contribution in [0.1, 0.15) is 44.2 Å². The Balaban J connectivity index is 2.08. The Morgan fingerprint density at radius 1 is 1.00 bits per heavy atom. The second kappa shape index (κ2) is 15.9. The number of benzene rings is 2. The first-order chi connectivity index (χ1) is 18.4. The van der Waals surface area contributed by atoms with Gasteiger partial charge in [-0.05, 0) is 54.7 Å². The molecule has 218 valence electrons. The number of hydrogen-bond donors (Lipinski definition) is 3. The van der Waals surface area contributed by atoms with Gasteiger partial charge >= 0.3 is 0 Å². The molecular formula is C28H42F2N4O4S. The van der Waals surface area contributed by atoms with Gasteiger partial charge in [-0.1, -0.05) is 26.0 Å². The molecule has 11 heteroatoms. The lowest BCUT2D eigenvalue weighted by atomic mass is 10.0. The van der Waals surface area contributed by atoms with E-state index in [4.69, 9.17) is 0 Å². The summed E-state index contributed by atoms with van der Waals surface area (Å²) in [6, 6.07) is 10.0. The molecule has 2 atom stereocenters. The highest BCUT2D eigenvalue weighted by molar-refractivity contribution is 7.89. The van der Waals surface area contributed by atoms with Gasteiger partial charge < -0.3 is 20.6 Å². The number of nitrogens with one attached hydrogen (secondary N) is 2. The SMILES string of the molecule is CCCN(CCC)S(=O)(=O)CCC(=O)N[C@@H](Cc1cc(F)cc(F)c1)[C@H](O)CNCc1cccc(N(C)C)c1. The molecule has 0 heterocycles. The molecule has 0 aliphatic carbocycles. The van der Waals surface area contributed by atoms with E-state index in [1.165, 1.54) is 4.31 Å². The highest BCUT2D eigenvalue weighted by Gasteiger charge is 2.25. The lowest BCUT2D eigenvalue weighted by Gasteiger charge is -2.25. The number of aliphatic hydroxyl groups excluding tert-OH is 1. The van der Waals surface area contributed by atoms with Crippen LogP contribution in [0.3, 0.4) is 0 Å². The van der Waals surface area contributed by atoms with Gasteiger partial charge in [0.05, 0.1) is 17.9 Å². The van der Waals surface area contributed by atoms with Gasteiger partial charge in [-0.2, -0.15) is 0 Å². The minimum absolute atomic E-state index is 0.0378. The van der Waals surface area contributed by atoms with Crippen LogP contribution in [-0.2, 0) is 27.8 Å². The van der Waals surface area contributed by atoms with E-state index in [9.17, 15) is 27.1 Å². The molecule has 0 aliphatic heterocycles. The largest absolute Gasteiger partial charge is 0.390 e. The zero-order chi connectivity index (χ0) is 29.0. The highest BCUT2D eigenvalue weighted by Crippen LogP contribution is 2.15. The van der Waals surface area contributed by atoms with E-state index in [1.807, 2.05) is 57.1 Å². The average molecular weight is 569 g/mol. The summed E-state index contributed by atoms with van der Waals surface area (Å²) in [5.41, 5.74) is 2.29. The average Bonchev–Trinajstić information content (AvgIpc) is 2.86. The normalized spacial score (nSPS) is 13.3. The number of aliphatic hydroxyl groups is 1. The van der Waals surface area contributed by atoms with Crippen LogP contribution in [0.25, 0.3) is 0 Å². The van der Waals surface area contributed by atoms with Crippen molar-refractivity contribution in [3.63, 3.8) is 0 Å². The first-order valence-corrected chi connectivity index (χ1v) is 14.9. The smallest absolute Gasteiger partial charge is 0.221 e. The maximum atomic E-state index is 13.8. The Bertz CT molecular complexity index is 1140. The van der Waals surface area contributed by atoms with Crippen molar-refractivity contribution in [2.75, 3.05) is 44.4 Å². The molecule has 2 aromatic rings. The molecule has 0 unspecified atom stereocenters. The lowest BCUT2D eigenvalue weighted by Crippen LogP contribution is -2.49. The van der Waals surface area contributed by atoms with Gasteiger partial charge in [0.25, 0.3) is 0 Å². The van der Waals surface area contributed by atoms with Crippen LogP contribution in [0.2, 0.25) is 0 Å². The van der Waals surface area contributed by atoms with Crippen molar-refractivity contribution in [1.29, 1.82) is 0 Å². The maximum Gasteiger partial charge on any atom is 0.221 e. The number of sulfonamides is 1. The molecule has 0 radical (unpaired) electrons. The number of carbonyl (C=O) groups is 1. The number of amides is 1. The van der Waals surface area contributed by atoms with Crippen molar-refractivity contribution in [2.45, 2.75) is 58.2 Å². The number of nitrogens with zero attached hydrogens (tertiary/aromatic N) is 2. The Labute approximate surface area is 231 Å². The van der Waals surface area contributed by atoms with E-state index in [0.29, 0.717) is 32.5 Å². The predicted molar refractivity (Wildman–Crippen MR) is 151 cm³/mol. The van der Waals surface area contributed by atoms with E-state index in [2.05, 4.69) is 10.6 Å². The zero-order valence-electron chi connectivity index (χ0n) is 23.3. The fraction of sp³-hybridized carbons (Fsp3) is 0.536. The predicted octanol–water partition coefficient (Wildman–Crippen LogP) is 3.05. The first kappa shape index (κ1) is 32.6. The molecular weight excluding hydrogens is 526 g/mol. The van der Waals surface area contributed by atoms with E-state index in [0.717, 1.165) is 29.4 Å². The third kappa shape index (κ3) is 11.2. The van der Waals surface area contributed by atoms with Crippen LogP contribution in [0.15, 0.2) is 42.5 Å². The summed E-state index contributed by atoms with van der Waals surface area (Å²) in [5.74, 6) is -2.45. The summed E-state index contributed by atoms with van der Waals surface area (Å²) < 4.78 is 54.5. The van der Waals surface area contributed by atoms with Gasteiger partial charge in [0.15, 0.2) is 0 Å². The summed E-state index contributed by atoms with van der Waals surface area (Å²) in [4.78, 5) is 14.8. The highest BCUT2D eigenvalue weighted by atomic mass is 32.2. The molecule has 2 rings (SSSR count). The third-order valence-corrected chi connectivity index (χ3v) is 8.10. The van der Waals surface area contributed by atoms with Crippen molar-refractivity contribution >= 4 is 21.6 Å². The van der Waals surface area contributed by atoms with Crippen LogP contribution >= 0.6 is 0 Å². The molecule has 39 heavy (non-hydrogen) atoms. The fourth-order valence-electron chi connectivity index (χ4n) is 4.24. The Morgan fingerprint density at radius 3 is 2.23 bits per heavy atom. The van der Waals surface area contributed by atoms with Gasteiger partial charge in [-0.15, -0.1) is 0 Å². The minimum Gasteiger partial charge on any atom is -0.390 e. The van der Waals surface area contributed by atoms with Crippen LogP contribution in [0.5, 0.6) is 0 Å². The number of carbonyl (C=O) groups excluding carboxylic acids is 1. The Kier molecular flexibility index (Phi) is 13.3. The van der Waals surface area contributed by atoms with Crippen molar-refractivity contribution < 1.29 is 27.1 Å². The van der Waals surface area contributed by atoms with Crippen LogP contribution < -0.4 is 15.5 Å². The van der Waals surface area contributed by atoms with Gasteiger partial charge in [0.2, 0.25) is 15.9 Å². The zero-order valence-corrected chi connectivity index (χ0v) is 24.1. The van der Waals surface area contributed by atoms with Gasteiger partial charge in [-0.3, -0.25) is 4.79 Å². The number of hydrogen-bond acceptors (Lipinski definition) is 6. The molecule has 0 fully saturated rings. The molecule has 0 bridgehead atoms. The van der Waals surface area contributed by atoms with E-state index >= 15 is 0 Å². The maximum absolute atomic E-state index is 13.8. The van der Waals surface area contributed by atoms with Crippen LogP contribution in [0.4, 0.5) is 14.5 Å². The van der Waals surface area contributed by atoms with Crippen molar-refractivity contribution in [3.8, 4) is 0 Å². The second-order valence-electron chi connectivity index (χ2n) is 9.88. The molecule has 0 saturated heterocycles. The van der Waals surface area contributed by atoms with E-state index in [-0.39, 0.29) is 30.7 Å². The number of anilines is 1. The van der Waals surface area contributed by atoms with Gasteiger partial charge in [-0.25, -0.2) is 21.5 Å². The molecule has 0 spiro atoms. The number of halogens is 2. The lowest BCUT2D eigenvalue weighted by molar-refractivity contribution is -0.122. The van der Waals surface area contributed by atoms with Crippen molar-refractivity contribution in [2.24, 2.45) is 0 Å². The van der Waals surface area contributed by atoms with Gasteiger partial charge in [0.1, 0.15) is 11.6 Å². The molecule has 1 amide bonds. The second-order valence-corrected chi connectivity index (χ2v) is 12.0. The summed E-state index contributed by atoms with van der Waals surface area (Å²) >= 11 is 0. The fourth-order valence-corrected chi connectivity index (χ4v) is 5.86. The van der Waals surface area contributed by atoms with Crippen molar-refractivity contribution in [1.82, 2.24) is 14.9 Å². The van der Waals surface area contributed by atoms with E-state index < -0.39 is 39.7 Å². The van der Waals surface area contributed by atoms with Crippen LogP contribution in [0, 0.1) is 11.6 Å². The Morgan fingerprint density at radius 2 is 1.64 bits per heavy atom. The first-order valence-electron chi connectivity index (χ1n) is 13.3. The Hall–Kier alpha value is -2.60. The molecule has 0 aliphatic rings. The molecule has 8 nitrogen and oxygen atoms in total. The summed E-state index contributed by atoms with van der Waals surface area (Å²) in [6.07, 6.45) is -0.112. The number of rotatable bonds is 17. The molecule has 0 aromatic heterocycles. The molecule has 0 saturated carbocycles.